The van der Waals surface area contributed by atoms with Crippen molar-refractivity contribution in [1.82, 2.24) is 4.90 Å². The second kappa shape index (κ2) is 9.93. The zero-order valence-electron chi connectivity index (χ0n) is 17.9. The van der Waals surface area contributed by atoms with Gasteiger partial charge >= 0.3 is 11.9 Å². The Morgan fingerprint density at radius 2 is 1.97 bits per heavy atom. The van der Waals surface area contributed by atoms with E-state index in [-0.39, 0.29) is 12.4 Å². The summed E-state index contributed by atoms with van der Waals surface area (Å²) in [5.41, 5.74) is 0. The molecule has 2 aliphatic rings. The summed E-state index contributed by atoms with van der Waals surface area (Å²) in [6, 6.07) is -0.969. The number of halogens is 1. The normalized spacial score (nSPS) is 28.0. The number of methoxy groups -OCH3 is 1. The fourth-order valence-electron chi connectivity index (χ4n) is 4.15. The van der Waals surface area contributed by atoms with Crippen molar-refractivity contribution in [1.29, 1.82) is 0 Å². The molecular weight excluding hydrogens is 413 g/mol. The molecule has 0 aromatic carbocycles. The van der Waals surface area contributed by atoms with Crippen LogP contribution in [0.5, 0.6) is 0 Å². The summed E-state index contributed by atoms with van der Waals surface area (Å²) in [4.78, 5) is 51.2. The molecule has 2 rings (SSSR count). The molecule has 1 heterocycles. The highest BCUT2D eigenvalue weighted by Crippen LogP contribution is 2.41. The van der Waals surface area contributed by atoms with Crippen molar-refractivity contribution in [2.45, 2.75) is 57.2 Å². The molecule has 2 fully saturated rings. The molecule has 2 amide bonds. The van der Waals surface area contributed by atoms with Crippen molar-refractivity contribution < 1.29 is 37.5 Å². The lowest BCUT2D eigenvalue weighted by molar-refractivity contribution is -0.185. The van der Waals surface area contributed by atoms with E-state index in [9.17, 15) is 23.6 Å². The lowest BCUT2D eigenvalue weighted by Crippen LogP contribution is -2.72. The molecule has 1 saturated carbocycles. The lowest BCUT2D eigenvalue weighted by Gasteiger charge is -2.52. The van der Waals surface area contributed by atoms with Crippen LogP contribution in [-0.4, -0.2) is 75.4 Å². The Bertz CT molecular complexity index is 708. The Balaban J connectivity index is 2.36. The molecule has 0 spiro atoms. The smallest absolute Gasteiger partial charge is 0.397 e. The minimum absolute atomic E-state index is 0.194. The fourth-order valence-corrected chi connectivity index (χ4v) is 5.26. The highest BCUT2D eigenvalue weighted by Gasteiger charge is 2.61. The van der Waals surface area contributed by atoms with Crippen LogP contribution in [0.15, 0.2) is 12.7 Å². The van der Waals surface area contributed by atoms with Gasteiger partial charge in [0.05, 0.1) is 18.1 Å². The molecule has 1 saturated heterocycles. The summed E-state index contributed by atoms with van der Waals surface area (Å²) >= 11 is 0. The number of Topliss-reactive ketones (excluding diaryl/α,β-unsaturated/α-hetero) is 1. The van der Waals surface area contributed by atoms with Crippen molar-refractivity contribution in [3.63, 3.8) is 0 Å². The van der Waals surface area contributed by atoms with Crippen LogP contribution in [0.2, 0.25) is 19.6 Å². The Kier molecular flexibility index (Phi) is 8.06. The monoisotopic (exact) mass is 443 g/mol. The molecule has 1 aliphatic heterocycles. The van der Waals surface area contributed by atoms with E-state index in [1.807, 2.05) is 19.6 Å². The number of carbonyl (C=O) groups excluding carboxylic acids is 4. The SMILES string of the molecule is C=CCOC(=O)C(=O)N1C(=O)[C@H]([C@@H](CF)O[Si](C)(C)C)[C@H]1[C@H]1CCC[C@H](OC)C1=O. The number of esters is 1. The van der Waals surface area contributed by atoms with Gasteiger partial charge in [-0.3, -0.25) is 19.3 Å². The summed E-state index contributed by atoms with van der Waals surface area (Å²) in [7, 11) is -0.810. The van der Waals surface area contributed by atoms with Crippen LogP contribution in [0.4, 0.5) is 4.39 Å². The van der Waals surface area contributed by atoms with E-state index in [1.165, 1.54) is 13.2 Å². The Hall–Kier alpha value is -1.91. The number of nitrogens with zero attached hydrogens (tertiary/aromatic N) is 1. The molecule has 0 aromatic rings. The Morgan fingerprint density at radius 3 is 2.50 bits per heavy atom. The number of carbonyl (C=O) groups is 4. The molecule has 5 atom stereocenters. The molecule has 0 radical (unpaired) electrons. The molecule has 0 aromatic heterocycles. The van der Waals surface area contributed by atoms with Gasteiger partial charge in [-0.15, -0.1) is 0 Å². The number of ether oxygens (including phenoxy) is 2. The number of ketones is 1. The Labute approximate surface area is 176 Å². The predicted molar refractivity (Wildman–Crippen MR) is 108 cm³/mol. The maximum Gasteiger partial charge on any atom is 0.397 e. The molecule has 168 valence electrons. The number of likely N-dealkylation sites (tertiary alicyclic amines) is 1. The standard InChI is InChI=1S/C20H30FNO7Si/c1-6-10-28-20(26)19(25)22-16(12-8-7-9-13(27-2)17(12)23)15(18(22)24)14(11-21)29-30(3,4)5/h6,12-16H,1,7-11H2,2-5H3/t12-,13+,14-,15-,16-/m1/s1. The van der Waals surface area contributed by atoms with Crippen LogP contribution in [0.1, 0.15) is 19.3 Å². The second-order valence-corrected chi connectivity index (χ2v) is 13.0. The van der Waals surface area contributed by atoms with Gasteiger partial charge in [0.2, 0.25) is 5.91 Å². The number of β-lactam (4-membered cyclic amide) rings is 1. The van der Waals surface area contributed by atoms with E-state index >= 15 is 0 Å². The number of rotatable bonds is 8. The van der Waals surface area contributed by atoms with E-state index in [0.29, 0.717) is 19.3 Å². The zero-order chi connectivity index (χ0) is 22.6. The summed E-state index contributed by atoms with van der Waals surface area (Å²) in [6.45, 7) is 7.84. The molecule has 0 N–H and O–H groups in total. The first kappa shape index (κ1) is 24.4. The minimum Gasteiger partial charge on any atom is -0.454 e. The van der Waals surface area contributed by atoms with E-state index < -0.39 is 62.9 Å². The first-order chi connectivity index (χ1) is 14.1. The second-order valence-electron chi connectivity index (χ2n) is 8.50. The summed E-state index contributed by atoms with van der Waals surface area (Å²) in [6.07, 6.45) is 1.13. The predicted octanol–water partition coefficient (Wildman–Crippen LogP) is 1.64. The topological polar surface area (TPSA) is 99.2 Å². The van der Waals surface area contributed by atoms with Crippen molar-refractivity contribution in [3.8, 4) is 0 Å². The quantitative estimate of drug-likeness (QED) is 0.185. The Morgan fingerprint density at radius 1 is 1.30 bits per heavy atom. The average Bonchev–Trinajstić information content (AvgIpc) is 2.68. The molecular formula is C20H30FNO7Si. The van der Waals surface area contributed by atoms with Gasteiger partial charge in [0.25, 0.3) is 0 Å². The largest absolute Gasteiger partial charge is 0.454 e. The van der Waals surface area contributed by atoms with Crippen LogP contribution < -0.4 is 0 Å². The molecule has 1 aliphatic carbocycles. The number of imide groups is 1. The number of hydrogen-bond donors (Lipinski definition) is 0. The van der Waals surface area contributed by atoms with Crippen molar-refractivity contribution in [3.05, 3.63) is 12.7 Å². The lowest BCUT2D eigenvalue weighted by atomic mass is 9.69. The van der Waals surface area contributed by atoms with Gasteiger partial charge < -0.3 is 13.9 Å². The molecule has 8 nitrogen and oxygen atoms in total. The third-order valence-electron chi connectivity index (χ3n) is 5.33. The summed E-state index contributed by atoms with van der Waals surface area (Å²) < 4.78 is 29.7. The van der Waals surface area contributed by atoms with E-state index in [2.05, 4.69) is 6.58 Å². The number of amides is 2. The summed E-state index contributed by atoms with van der Waals surface area (Å²) in [5, 5.41) is 0. The van der Waals surface area contributed by atoms with Crippen molar-refractivity contribution in [2.75, 3.05) is 20.4 Å². The van der Waals surface area contributed by atoms with Crippen molar-refractivity contribution in [2.24, 2.45) is 11.8 Å². The molecule has 30 heavy (non-hydrogen) atoms. The van der Waals surface area contributed by atoms with E-state index in [0.717, 1.165) is 4.90 Å². The van der Waals surface area contributed by atoms with Gasteiger partial charge in [0.15, 0.2) is 14.1 Å². The first-order valence-corrected chi connectivity index (χ1v) is 13.4. The highest BCUT2D eigenvalue weighted by molar-refractivity contribution is 6.69. The minimum atomic E-state index is -2.23. The van der Waals surface area contributed by atoms with E-state index in [4.69, 9.17) is 13.9 Å². The van der Waals surface area contributed by atoms with Gasteiger partial charge in [0, 0.05) is 13.0 Å². The molecule has 10 heteroatoms. The third kappa shape index (κ3) is 5.04. The molecule has 0 bridgehead atoms. The van der Waals surface area contributed by atoms with Gasteiger partial charge in [-0.1, -0.05) is 12.7 Å². The van der Waals surface area contributed by atoms with Gasteiger partial charge in [0.1, 0.15) is 19.4 Å². The van der Waals surface area contributed by atoms with E-state index in [1.54, 1.807) is 0 Å². The van der Waals surface area contributed by atoms with Gasteiger partial charge in [-0.2, -0.15) is 0 Å². The first-order valence-electron chi connectivity index (χ1n) is 10.0. The summed E-state index contributed by atoms with van der Waals surface area (Å²) in [5.74, 6) is -5.14. The highest BCUT2D eigenvalue weighted by atomic mass is 28.4. The maximum atomic E-state index is 13.9. The number of hydrogen-bond acceptors (Lipinski definition) is 7. The zero-order valence-corrected chi connectivity index (χ0v) is 18.9. The van der Waals surface area contributed by atoms with Crippen molar-refractivity contribution >= 4 is 31.9 Å². The van der Waals surface area contributed by atoms with Crippen LogP contribution in [-0.2, 0) is 33.1 Å². The van der Waals surface area contributed by atoms with Gasteiger partial charge in [-0.25, -0.2) is 9.18 Å². The third-order valence-corrected chi connectivity index (χ3v) is 6.34. The molecule has 0 unspecified atom stereocenters. The van der Waals surface area contributed by atoms with Crippen LogP contribution in [0.25, 0.3) is 0 Å². The van der Waals surface area contributed by atoms with Crippen LogP contribution in [0.3, 0.4) is 0 Å². The average molecular weight is 444 g/mol. The van der Waals surface area contributed by atoms with Crippen LogP contribution >= 0.6 is 0 Å². The fraction of sp³-hybridized carbons (Fsp3) is 0.700. The van der Waals surface area contributed by atoms with Crippen LogP contribution in [0, 0.1) is 11.8 Å². The van der Waals surface area contributed by atoms with Gasteiger partial charge in [-0.05, 0) is 38.9 Å². The maximum absolute atomic E-state index is 13.9. The number of alkyl halides is 1.